The Kier molecular flexibility index (Phi) is 5.49. The number of rotatable bonds is 5. The number of hydrogen-bond acceptors (Lipinski definition) is 3. The fraction of sp³-hybridized carbons (Fsp3) is 0.222. The number of urea groups is 1. The van der Waals surface area contributed by atoms with E-state index in [9.17, 15) is 9.59 Å². The van der Waals surface area contributed by atoms with E-state index < -0.39 is 0 Å². The third-order valence-electron chi connectivity index (χ3n) is 3.48. The first-order valence-electron chi connectivity index (χ1n) is 7.27. The molecule has 1 N–H and O–H groups in total. The Morgan fingerprint density at radius 3 is 2.48 bits per heavy atom. The highest BCUT2D eigenvalue weighted by Crippen LogP contribution is 2.14. The number of carbonyl (C=O) groups excluding carboxylic acids is 2. The van der Waals surface area contributed by atoms with Gasteiger partial charge in [0.2, 0.25) is 0 Å². The first-order valence-corrected chi connectivity index (χ1v) is 7.27. The maximum absolute atomic E-state index is 12.3. The Morgan fingerprint density at radius 2 is 1.83 bits per heavy atom. The van der Waals surface area contributed by atoms with Crippen molar-refractivity contribution >= 4 is 17.5 Å². The van der Waals surface area contributed by atoms with Gasteiger partial charge in [0, 0.05) is 24.7 Å². The van der Waals surface area contributed by atoms with Crippen molar-refractivity contribution in [3.63, 3.8) is 0 Å². The highest BCUT2D eigenvalue weighted by Gasteiger charge is 2.10. The van der Waals surface area contributed by atoms with Crippen LogP contribution >= 0.6 is 0 Å². The van der Waals surface area contributed by atoms with E-state index >= 15 is 0 Å². The molecule has 0 aliphatic rings. The van der Waals surface area contributed by atoms with Gasteiger partial charge in [-0.1, -0.05) is 42.0 Å². The monoisotopic (exact) mass is 312 g/mol. The molecule has 0 aliphatic carbocycles. The van der Waals surface area contributed by atoms with E-state index in [1.165, 1.54) is 14.2 Å². The van der Waals surface area contributed by atoms with Gasteiger partial charge in [0.15, 0.2) is 5.78 Å². The zero-order valence-corrected chi connectivity index (χ0v) is 13.5. The lowest BCUT2D eigenvalue weighted by atomic mass is 10.0. The van der Waals surface area contributed by atoms with Gasteiger partial charge in [0.1, 0.15) is 0 Å². The van der Waals surface area contributed by atoms with Crippen LogP contribution in [0.2, 0.25) is 0 Å². The van der Waals surface area contributed by atoms with Gasteiger partial charge in [-0.2, -0.15) is 0 Å². The summed E-state index contributed by atoms with van der Waals surface area (Å²) in [4.78, 5) is 28.9. The van der Waals surface area contributed by atoms with Gasteiger partial charge in [-0.15, -0.1) is 0 Å². The second-order valence-electron chi connectivity index (χ2n) is 5.28. The molecule has 0 heterocycles. The van der Waals surface area contributed by atoms with E-state index in [1.54, 1.807) is 18.2 Å². The molecule has 120 valence electrons. The van der Waals surface area contributed by atoms with Gasteiger partial charge in [-0.3, -0.25) is 9.63 Å². The van der Waals surface area contributed by atoms with E-state index in [0.29, 0.717) is 11.3 Å². The molecule has 0 radical (unpaired) electrons. The molecular weight excluding hydrogens is 292 g/mol. The molecule has 2 amide bonds. The minimum absolute atomic E-state index is 0.0440. The van der Waals surface area contributed by atoms with Crippen molar-refractivity contribution in [3.05, 3.63) is 65.2 Å². The quantitative estimate of drug-likeness (QED) is 0.679. The molecule has 0 bridgehead atoms. The summed E-state index contributed by atoms with van der Waals surface area (Å²) < 4.78 is 0. The molecule has 5 heteroatoms. The van der Waals surface area contributed by atoms with Crippen LogP contribution < -0.4 is 5.32 Å². The lowest BCUT2D eigenvalue weighted by Gasteiger charge is -2.15. The summed E-state index contributed by atoms with van der Waals surface area (Å²) >= 11 is 0. The number of benzene rings is 2. The molecule has 23 heavy (non-hydrogen) atoms. The van der Waals surface area contributed by atoms with Crippen LogP contribution in [0.1, 0.15) is 21.5 Å². The van der Waals surface area contributed by atoms with E-state index in [0.717, 1.165) is 16.2 Å². The molecule has 0 saturated heterocycles. The van der Waals surface area contributed by atoms with E-state index in [1.807, 2.05) is 37.3 Å². The Hall–Kier alpha value is -2.66. The Morgan fingerprint density at radius 1 is 1.13 bits per heavy atom. The summed E-state index contributed by atoms with van der Waals surface area (Å²) in [7, 11) is 2.93. The average molecular weight is 312 g/mol. The highest BCUT2D eigenvalue weighted by molar-refractivity contribution is 5.97. The summed E-state index contributed by atoms with van der Waals surface area (Å²) in [5, 5.41) is 3.79. The number of Topliss-reactive ketones (excluding diaryl/α,β-unsaturated/α-hetero) is 1. The van der Waals surface area contributed by atoms with Crippen LogP contribution in [-0.2, 0) is 11.3 Å². The van der Waals surface area contributed by atoms with Crippen molar-refractivity contribution in [2.45, 2.75) is 13.3 Å². The topological polar surface area (TPSA) is 58.6 Å². The number of nitrogens with zero attached hydrogens (tertiary/aromatic N) is 1. The average Bonchev–Trinajstić information content (AvgIpc) is 2.54. The number of aryl methyl sites for hydroxylation is 1. The minimum atomic E-state index is -0.380. The number of ketones is 1. The normalized spacial score (nSPS) is 10.2. The molecule has 0 aromatic heterocycles. The predicted octanol–water partition coefficient (Wildman–Crippen LogP) is 3.45. The minimum Gasteiger partial charge on any atom is -0.306 e. The highest BCUT2D eigenvalue weighted by atomic mass is 16.7. The number of hydrogen-bond donors (Lipinski definition) is 1. The van der Waals surface area contributed by atoms with Crippen molar-refractivity contribution in [2.75, 3.05) is 19.5 Å². The molecule has 0 spiro atoms. The third-order valence-corrected chi connectivity index (χ3v) is 3.48. The van der Waals surface area contributed by atoms with E-state index in [-0.39, 0.29) is 18.2 Å². The molecule has 0 atom stereocenters. The van der Waals surface area contributed by atoms with Gasteiger partial charge in [-0.25, -0.2) is 9.86 Å². The lowest BCUT2D eigenvalue weighted by Crippen LogP contribution is -2.30. The van der Waals surface area contributed by atoms with Gasteiger partial charge in [0.25, 0.3) is 0 Å². The Bertz CT molecular complexity index is 696. The van der Waals surface area contributed by atoms with Crippen LogP contribution in [-0.4, -0.2) is 31.0 Å². The van der Waals surface area contributed by atoms with Gasteiger partial charge in [-0.05, 0) is 24.6 Å². The second-order valence-corrected chi connectivity index (χ2v) is 5.28. The number of carbonyl (C=O) groups is 2. The maximum Gasteiger partial charge on any atom is 0.345 e. The molecule has 0 fully saturated rings. The summed E-state index contributed by atoms with van der Waals surface area (Å²) in [6, 6.07) is 14.3. The Balaban J connectivity index is 2.06. The van der Waals surface area contributed by atoms with Crippen molar-refractivity contribution in [1.82, 2.24) is 5.06 Å². The van der Waals surface area contributed by atoms with Crippen molar-refractivity contribution < 1.29 is 14.4 Å². The predicted molar refractivity (Wildman–Crippen MR) is 89.4 cm³/mol. The van der Waals surface area contributed by atoms with Crippen molar-refractivity contribution in [3.8, 4) is 0 Å². The fourth-order valence-corrected chi connectivity index (χ4v) is 2.07. The molecular formula is C18H20N2O3. The number of amides is 2. The Labute approximate surface area is 135 Å². The third kappa shape index (κ3) is 4.66. The first-order chi connectivity index (χ1) is 11.0. The lowest BCUT2D eigenvalue weighted by molar-refractivity contribution is -0.0598. The van der Waals surface area contributed by atoms with Crippen LogP contribution in [0.4, 0.5) is 10.5 Å². The molecule has 2 rings (SSSR count). The summed E-state index contributed by atoms with van der Waals surface area (Å²) in [6.45, 7) is 1.98. The number of nitrogens with one attached hydrogen (secondary N) is 1. The second kappa shape index (κ2) is 7.56. The molecule has 5 nitrogen and oxygen atoms in total. The maximum atomic E-state index is 12.3. The van der Waals surface area contributed by atoms with Crippen molar-refractivity contribution in [2.24, 2.45) is 0 Å². The molecule has 2 aromatic carbocycles. The standard InChI is InChI=1S/C18H20N2O3/c1-13-7-9-15(10-8-13)17(21)12-14-5-4-6-16(11-14)19-18(22)20(2)23-3/h4-11H,12H2,1-3H3,(H,19,22). The summed E-state index contributed by atoms with van der Waals surface area (Å²) in [5.74, 6) is 0.0440. The van der Waals surface area contributed by atoms with Crippen LogP contribution in [0.3, 0.4) is 0 Å². The zero-order valence-electron chi connectivity index (χ0n) is 13.5. The largest absolute Gasteiger partial charge is 0.345 e. The van der Waals surface area contributed by atoms with Crippen molar-refractivity contribution in [1.29, 1.82) is 0 Å². The van der Waals surface area contributed by atoms with Gasteiger partial charge in [0.05, 0.1) is 7.11 Å². The number of anilines is 1. The summed E-state index contributed by atoms with van der Waals surface area (Å²) in [5.41, 5.74) is 3.26. The molecule has 2 aromatic rings. The zero-order chi connectivity index (χ0) is 16.8. The molecule has 0 saturated carbocycles. The molecule has 0 aliphatic heterocycles. The summed E-state index contributed by atoms with van der Waals surface area (Å²) in [6.07, 6.45) is 0.285. The number of hydroxylamine groups is 2. The van der Waals surface area contributed by atoms with Crippen LogP contribution in [0.25, 0.3) is 0 Å². The first kappa shape index (κ1) is 16.7. The smallest absolute Gasteiger partial charge is 0.306 e. The fourth-order valence-electron chi connectivity index (χ4n) is 2.07. The molecule has 0 unspecified atom stereocenters. The van der Waals surface area contributed by atoms with Crippen LogP contribution in [0, 0.1) is 6.92 Å². The SMILES string of the molecule is CON(C)C(=O)Nc1cccc(CC(=O)c2ccc(C)cc2)c1. The van der Waals surface area contributed by atoms with Crippen LogP contribution in [0.5, 0.6) is 0 Å². The van der Waals surface area contributed by atoms with E-state index in [2.05, 4.69) is 5.32 Å². The van der Waals surface area contributed by atoms with Gasteiger partial charge < -0.3 is 5.32 Å². The van der Waals surface area contributed by atoms with Crippen LogP contribution in [0.15, 0.2) is 48.5 Å². The van der Waals surface area contributed by atoms with Gasteiger partial charge >= 0.3 is 6.03 Å². The van der Waals surface area contributed by atoms with E-state index in [4.69, 9.17) is 4.84 Å².